The summed E-state index contributed by atoms with van der Waals surface area (Å²) in [5.41, 5.74) is 4.06. The van der Waals surface area contributed by atoms with Gasteiger partial charge in [-0.1, -0.05) is 12.1 Å². The van der Waals surface area contributed by atoms with Gasteiger partial charge < -0.3 is 29.7 Å². The molecule has 186 valence electrons. The summed E-state index contributed by atoms with van der Waals surface area (Å²) in [6, 6.07) is 17.2. The molecule has 2 aromatic carbocycles. The summed E-state index contributed by atoms with van der Waals surface area (Å²) in [7, 11) is 0. The first-order chi connectivity index (χ1) is 17.5. The third-order valence-corrected chi connectivity index (χ3v) is 6.46. The lowest BCUT2D eigenvalue weighted by molar-refractivity contribution is 0.0416. The highest BCUT2D eigenvalue weighted by molar-refractivity contribution is 6.07. The molecule has 0 radical (unpaired) electrons. The van der Waals surface area contributed by atoms with E-state index >= 15 is 0 Å². The Morgan fingerprint density at radius 3 is 2.53 bits per heavy atom. The van der Waals surface area contributed by atoms with Gasteiger partial charge >= 0.3 is 6.16 Å². The molecule has 0 spiro atoms. The van der Waals surface area contributed by atoms with Gasteiger partial charge in [-0.2, -0.15) is 0 Å². The molecule has 0 unspecified atom stereocenters. The fourth-order valence-electron chi connectivity index (χ4n) is 4.61. The number of carbonyl (C=O) groups excluding carboxylic acids is 1. The highest BCUT2D eigenvalue weighted by Gasteiger charge is 2.26. The van der Waals surface area contributed by atoms with Crippen molar-refractivity contribution >= 4 is 34.9 Å². The Labute approximate surface area is 209 Å². The summed E-state index contributed by atoms with van der Waals surface area (Å²) in [5.74, 6) is 1.12. The number of aromatic nitrogens is 1. The second kappa shape index (κ2) is 10.2. The Kier molecular flexibility index (Phi) is 6.62. The van der Waals surface area contributed by atoms with Crippen LogP contribution in [0.4, 0.5) is 27.7 Å². The van der Waals surface area contributed by atoms with Crippen LogP contribution in [-0.4, -0.2) is 54.5 Å². The molecule has 0 atom stereocenters. The monoisotopic (exact) mass is 488 g/mol. The molecular formula is C27H28N4O5. The number of amides is 1. The molecule has 2 N–H and O–H groups in total. The van der Waals surface area contributed by atoms with Crippen molar-refractivity contribution in [1.29, 1.82) is 0 Å². The van der Waals surface area contributed by atoms with E-state index in [9.17, 15) is 9.59 Å². The fraction of sp³-hybridized carbons (Fsp3) is 0.296. The van der Waals surface area contributed by atoms with Crippen molar-refractivity contribution in [2.24, 2.45) is 0 Å². The Bertz CT molecular complexity index is 1240. The molecule has 1 aromatic heterocycles. The molecule has 0 saturated carbocycles. The highest BCUT2D eigenvalue weighted by Crippen LogP contribution is 2.38. The molecule has 9 nitrogen and oxygen atoms in total. The van der Waals surface area contributed by atoms with Crippen LogP contribution >= 0.6 is 0 Å². The normalized spacial score (nSPS) is 15.6. The standard InChI is InChI=1S/C27H28N4O5/c1-18-5-10-24(28-17-18)31-15-16-35-25-22(3-2-4-23(25)31)26(32)29-19-6-8-20(9-7-19)30-13-11-21(12-14-30)36-27(33)34/h2-10,17,21H,11-16H2,1H3,(H,29,32)(H,33,34). The molecule has 3 heterocycles. The lowest BCUT2D eigenvalue weighted by Gasteiger charge is -2.32. The van der Waals surface area contributed by atoms with Crippen LogP contribution in [0.15, 0.2) is 60.8 Å². The lowest BCUT2D eigenvalue weighted by Crippen LogP contribution is -2.37. The van der Waals surface area contributed by atoms with E-state index in [0.29, 0.717) is 56.1 Å². The number of ether oxygens (including phenoxy) is 2. The maximum Gasteiger partial charge on any atom is 0.506 e. The van der Waals surface area contributed by atoms with E-state index in [1.807, 2.05) is 61.7 Å². The summed E-state index contributed by atoms with van der Waals surface area (Å²) >= 11 is 0. The van der Waals surface area contributed by atoms with Crippen LogP contribution in [0.1, 0.15) is 28.8 Å². The molecular weight excluding hydrogens is 460 g/mol. The first-order valence-corrected chi connectivity index (χ1v) is 12.0. The topological polar surface area (TPSA) is 104 Å². The zero-order chi connectivity index (χ0) is 25.1. The van der Waals surface area contributed by atoms with Crippen molar-refractivity contribution < 1.29 is 24.2 Å². The number of carbonyl (C=O) groups is 2. The number of carboxylic acid groups (broad SMARTS) is 1. The molecule has 1 saturated heterocycles. The smallest absolute Gasteiger partial charge is 0.489 e. The maximum atomic E-state index is 13.2. The van der Waals surface area contributed by atoms with Crippen molar-refractivity contribution in [3.8, 4) is 5.75 Å². The van der Waals surface area contributed by atoms with Crippen LogP contribution < -0.4 is 19.9 Å². The zero-order valence-corrected chi connectivity index (χ0v) is 20.0. The second-order valence-electron chi connectivity index (χ2n) is 8.92. The Morgan fingerprint density at radius 2 is 1.83 bits per heavy atom. The van der Waals surface area contributed by atoms with Gasteiger partial charge in [0, 0.05) is 43.5 Å². The number of aryl methyl sites for hydroxylation is 1. The van der Waals surface area contributed by atoms with E-state index in [-0.39, 0.29) is 12.0 Å². The number of nitrogens with one attached hydrogen (secondary N) is 1. The molecule has 2 aliphatic heterocycles. The minimum Gasteiger partial charge on any atom is -0.489 e. The summed E-state index contributed by atoms with van der Waals surface area (Å²) in [6.45, 7) is 4.52. The SMILES string of the molecule is Cc1ccc(N2CCOc3c(C(=O)Nc4ccc(N5CCC(OC(=O)O)CC5)cc4)cccc32)nc1. The van der Waals surface area contributed by atoms with Crippen LogP contribution in [0.25, 0.3) is 0 Å². The molecule has 9 heteroatoms. The molecule has 1 fully saturated rings. The summed E-state index contributed by atoms with van der Waals surface area (Å²) in [6.07, 6.45) is 1.65. The van der Waals surface area contributed by atoms with E-state index in [0.717, 1.165) is 22.8 Å². The summed E-state index contributed by atoms with van der Waals surface area (Å²) in [4.78, 5) is 32.7. The van der Waals surface area contributed by atoms with Crippen LogP contribution in [0, 0.1) is 6.92 Å². The number of hydrogen-bond acceptors (Lipinski definition) is 7. The minimum atomic E-state index is -1.22. The van der Waals surface area contributed by atoms with E-state index in [4.69, 9.17) is 14.6 Å². The van der Waals surface area contributed by atoms with Crippen LogP contribution in [-0.2, 0) is 4.74 Å². The fourth-order valence-corrected chi connectivity index (χ4v) is 4.61. The molecule has 3 aromatic rings. The van der Waals surface area contributed by atoms with Crippen LogP contribution in [0.3, 0.4) is 0 Å². The number of rotatable bonds is 5. The summed E-state index contributed by atoms with van der Waals surface area (Å²) in [5, 5.41) is 11.8. The average molecular weight is 489 g/mol. The van der Waals surface area contributed by atoms with Gasteiger partial charge in [0.25, 0.3) is 5.91 Å². The van der Waals surface area contributed by atoms with Crippen molar-refractivity contribution in [3.05, 3.63) is 71.9 Å². The molecule has 2 aliphatic rings. The van der Waals surface area contributed by atoms with Crippen molar-refractivity contribution in [3.63, 3.8) is 0 Å². The quantitative estimate of drug-likeness (QED) is 0.492. The highest BCUT2D eigenvalue weighted by atomic mass is 16.7. The molecule has 0 bridgehead atoms. The maximum absolute atomic E-state index is 13.2. The molecule has 5 rings (SSSR count). The van der Waals surface area contributed by atoms with Gasteiger partial charge in [0.05, 0.1) is 17.8 Å². The van der Waals surface area contributed by atoms with Gasteiger partial charge in [-0.05, 0) is 55.0 Å². The number of nitrogens with zero attached hydrogens (tertiary/aromatic N) is 3. The number of anilines is 4. The van der Waals surface area contributed by atoms with E-state index in [1.165, 1.54) is 0 Å². The average Bonchev–Trinajstić information content (AvgIpc) is 2.89. The van der Waals surface area contributed by atoms with Gasteiger partial charge in [0.2, 0.25) is 0 Å². The Hall–Kier alpha value is -4.27. The third-order valence-electron chi connectivity index (χ3n) is 6.46. The largest absolute Gasteiger partial charge is 0.506 e. The lowest BCUT2D eigenvalue weighted by atomic mass is 10.1. The molecule has 1 amide bonds. The van der Waals surface area contributed by atoms with Gasteiger partial charge in [-0.25, -0.2) is 9.78 Å². The number of hydrogen-bond donors (Lipinski definition) is 2. The van der Waals surface area contributed by atoms with Crippen LogP contribution in [0.2, 0.25) is 0 Å². The number of pyridine rings is 1. The van der Waals surface area contributed by atoms with Gasteiger partial charge in [-0.15, -0.1) is 0 Å². The Morgan fingerprint density at radius 1 is 1.06 bits per heavy atom. The van der Waals surface area contributed by atoms with E-state index in [2.05, 4.69) is 20.1 Å². The van der Waals surface area contributed by atoms with E-state index in [1.54, 1.807) is 6.07 Å². The zero-order valence-electron chi connectivity index (χ0n) is 20.0. The second-order valence-corrected chi connectivity index (χ2v) is 8.92. The number of fused-ring (bicyclic) bond motifs is 1. The Balaban J connectivity index is 1.27. The summed E-state index contributed by atoms with van der Waals surface area (Å²) < 4.78 is 10.8. The number of para-hydroxylation sites is 1. The number of piperidine rings is 1. The molecule has 0 aliphatic carbocycles. The predicted octanol–water partition coefficient (Wildman–Crippen LogP) is 4.84. The molecule has 36 heavy (non-hydrogen) atoms. The third kappa shape index (κ3) is 5.05. The minimum absolute atomic E-state index is 0.245. The first-order valence-electron chi connectivity index (χ1n) is 12.0. The first kappa shape index (κ1) is 23.5. The van der Waals surface area contributed by atoms with E-state index < -0.39 is 6.16 Å². The van der Waals surface area contributed by atoms with Crippen molar-refractivity contribution in [2.75, 3.05) is 41.4 Å². The predicted molar refractivity (Wildman–Crippen MR) is 137 cm³/mol. The van der Waals surface area contributed by atoms with Gasteiger partial charge in [0.1, 0.15) is 18.5 Å². The van der Waals surface area contributed by atoms with Crippen LogP contribution in [0.5, 0.6) is 5.75 Å². The van der Waals surface area contributed by atoms with Crippen molar-refractivity contribution in [1.82, 2.24) is 4.98 Å². The number of benzene rings is 2. The van der Waals surface area contributed by atoms with Crippen molar-refractivity contribution in [2.45, 2.75) is 25.9 Å². The van der Waals surface area contributed by atoms with Gasteiger partial charge in [0.15, 0.2) is 5.75 Å². The van der Waals surface area contributed by atoms with Gasteiger partial charge in [-0.3, -0.25) is 4.79 Å².